The molecule has 35 heavy (non-hydrogen) atoms. The van der Waals surface area contributed by atoms with Crippen LogP contribution in [0, 0.1) is 0 Å². The minimum Gasteiger partial charge on any atom is -0.497 e. The Bertz CT molecular complexity index is 1490. The lowest BCUT2D eigenvalue weighted by Gasteiger charge is -2.16. The van der Waals surface area contributed by atoms with Gasteiger partial charge in [-0.25, -0.2) is 12.4 Å². The molecule has 0 bridgehead atoms. The number of nitrogens with zero attached hydrogens (tertiary/aromatic N) is 2. The first-order valence-corrected chi connectivity index (χ1v) is 13.6. The van der Waals surface area contributed by atoms with E-state index in [1.165, 1.54) is 23.2 Å². The van der Waals surface area contributed by atoms with Gasteiger partial charge in [0.2, 0.25) is 0 Å². The lowest BCUT2D eigenvalue weighted by Crippen LogP contribution is -2.20. The number of aromatic nitrogens is 1. The molecule has 0 aliphatic heterocycles. The zero-order chi connectivity index (χ0) is 25.3. The van der Waals surface area contributed by atoms with Crippen LogP contribution in [-0.4, -0.2) is 51.6 Å². The van der Waals surface area contributed by atoms with Crippen molar-refractivity contribution in [2.24, 2.45) is 0 Å². The molecule has 0 N–H and O–H groups in total. The standard InChI is InChI=1S/C25H23BrCl2N2O4S/c1-29(2)11-12-34-25-19-13-17(27)14-21(28)24(19)30(23(25)16-7-5-4-6-8-16)35(31,32)22-10-9-18(33-3)15-20(22)26/h4-10,13-15H,11-12H2,1-3H3. The molecule has 1 aromatic heterocycles. The third-order valence-corrected chi connectivity index (χ3v) is 8.57. The van der Waals surface area contributed by atoms with Gasteiger partial charge >= 0.3 is 0 Å². The van der Waals surface area contributed by atoms with Gasteiger partial charge in [0.25, 0.3) is 10.0 Å². The Morgan fingerprint density at radius 1 is 1.03 bits per heavy atom. The fourth-order valence-electron chi connectivity index (χ4n) is 3.75. The molecule has 0 aliphatic carbocycles. The number of hydrogen-bond donors (Lipinski definition) is 0. The van der Waals surface area contributed by atoms with E-state index in [2.05, 4.69) is 15.9 Å². The normalized spacial score (nSPS) is 11.9. The summed E-state index contributed by atoms with van der Waals surface area (Å²) in [4.78, 5) is 2.03. The van der Waals surface area contributed by atoms with Crippen LogP contribution in [0.1, 0.15) is 0 Å². The summed E-state index contributed by atoms with van der Waals surface area (Å²) in [7, 11) is 1.23. The number of hydrogen-bond acceptors (Lipinski definition) is 5. The van der Waals surface area contributed by atoms with Crippen LogP contribution in [0.2, 0.25) is 10.0 Å². The van der Waals surface area contributed by atoms with Gasteiger partial charge in [0.15, 0.2) is 5.75 Å². The van der Waals surface area contributed by atoms with Crippen molar-refractivity contribution in [3.63, 3.8) is 0 Å². The van der Waals surface area contributed by atoms with Gasteiger partial charge < -0.3 is 14.4 Å². The smallest absolute Gasteiger partial charge is 0.270 e. The summed E-state index contributed by atoms with van der Waals surface area (Å²) in [5, 5.41) is 1.08. The van der Waals surface area contributed by atoms with Gasteiger partial charge in [-0.1, -0.05) is 53.5 Å². The van der Waals surface area contributed by atoms with Crippen molar-refractivity contribution in [2.45, 2.75) is 4.90 Å². The maximum Gasteiger partial charge on any atom is 0.270 e. The van der Waals surface area contributed by atoms with Crippen LogP contribution < -0.4 is 9.47 Å². The molecule has 0 saturated carbocycles. The Morgan fingerprint density at radius 3 is 2.37 bits per heavy atom. The Balaban J connectivity index is 2.10. The Labute approximate surface area is 223 Å². The van der Waals surface area contributed by atoms with E-state index in [4.69, 9.17) is 32.7 Å². The topological polar surface area (TPSA) is 60.8 Å². The second-order valence-corrected chi connectivity index (χ2v) is 11.5. The van der Waals surface area contributed by atoms with Crippen LogP contribution in [0.3, 0.4) is 0 Å². The lowest BCUT2D eigenvalue weighted by atomic mass is 10.1. The molecule has 0 radical (unpaired) electrons. The number of methoxy groups -OCH3 is 1. The highest BCUT2D eigenvalue weighted by atomic mass is 79.9. The second-order valence-electron chi connectivity index (χ2n) is 8.05. The van der Waals surface area contributed by atoms with Gasteiger partial charge in [-0.05, 0) is 60.4 Å². The molecule has 4 aromatic rings. The molecule has 3 aromatic carbocycles. The Morgan fingerprint density at radius 2 is 1.74 bits per heavy atom. The number of ether oxygens (including phenoxy) is 2. The van der Waals surface area contributed by atoms with E-state index in [-0.39, 0.29) is 15.4 Å². The summed E-state index contributed by atoms with van der Waals surface area (Å²) >= 11 is 16.4. The fourth-order valence-corrected chi connectivity index (χ4v) is 6.96. The molecule has 1 heterocycles. The predicted octanol–water partition coefficient (Wildman–Crippen LogP) is 6.56. The minimum absolute atomic E-state index is 0.0539. The quantitative estimate of drug-likeness (QED) is 0.230. The van der Waals surface area contributed by atoms with Crippen LogP contribution in [0.4, 0.5) is 0 Å². The summed E-state index contributed by atoms with van der Waals surface area (Å²) < 4.78 is 41.5. The first kappa shape index (κ1) is 25.9. The first-order chi connectivity index (χ1) is 16.6. The van der Waals surface area contributed by atoms with Gasteiger partial charge in [0.05, 0.1) is 17.6 Å². The molecule has 0 aliphatic rings. The van der Waals surface area contributed by atoms with E-state index in [0.717, 1.165) is 0 Å². The molecule has 4 rings (SSSR count). The summed E-state index contributed by atoms with van der Waals surface area (Å²) in [6.45, 7) is 0.967. The molecule has 0 saturated heterocycles. The zero-order valence-electron chi connectivity index (χ0n) is 19.3. The molecule has 0 fully saturated rings. The van der Waals surface area contributed by atoms with Gasteiger partial charge in [-0.2, -0.15) is 0 Å². The summed E-state index contributed by atoms with van der Waals surface area (Å²) in [5.41, 5.74) is 1.31. The SMILES string of the molecule is COc1ccc(S(=O)(=O)n2c(-c3ccccc3)c(OCCN(C)C)c3cc(Cl)cc(Cl)c32)c(Br)c1. The van der Waals surface area contributed by atoms with Gasteiger partial charge in [-0.15, -0.1) is 0 Å². The highest BCUT2D eigenvalue weighted by Gasteiger charge is 2.32. The summed E-state index contributed by atoms with van der Waals surface area (Å²) in [5.74, 6) is 0.916. The molecule has 0 amide bonds. The van der Waals surface area contributed by atoms with Crippen molar-refractivity contribution >= 4 is 60.1 Å². The number of likely N-dealkylation sites (N-methyl/N-ethyl adjacent to an activating group) is 1. The maximum absolute atomic E-state index is 14.2. The molecular formula is C25H23BrCl2N2O4S. The van der Waals surface area contributed by atoms with E-state index in [1.54, 1.807) is 18.2 Å². The third-order valence-electron chi connectivity index (χ3n) is 5.38. The van der Waals surface area contributed by atoms with Crippen LogP contribution in [0.25, 0.3) is 22.2 Å². The number of rotatable bonds is 8. The predicted molar refractivity (Wildman–Crippen MR) is 145 cm³/mol. The van der Waals surface area contributed by atoms with E-state index >= 15 is 0 Å². The second kappa shape index (κ2) is 10.4. The van der Waals surface area contributed by atoms with Crippen molar-refractivity contribution in [2.75, 3.05) is 34.4 Å². The highest BCUT2D eigenvalue weighted by Crippen LogP contribution is 2.46. The number of halogens is 3. The summed E-state index contributed by atoms with van der Waals surface area (Å²) in [6, 6.07) is 17.1. The van der Waals surface area contributed by atoms with Crippen molar-refractivity contribution < 1.29 is 17.9 Å². The monoisotopic (exact) mass is 596 g/mol. The van der Waals surface area contributed by atoms with E-state index in [0.29, 0.717) is 50.8 Å². The van der Waals surface area contributed by atoms with Crippen LogP contribution in [0.15, 0.2) is 70.0 Å². The van der Waals surface area contributed by atoms with Gasteiger partial charge in [0, 0.05) is 27.0 Å². The molecular weight excluding hydrogens is 575 g/mol. The van der Waals surface area contributed by atoms with E-state index in [1.807, 2.05) is 49.3 Å². The minimum atomic E-state index is -4.16. The van der Waals surface area contributed by atoms with Gasteiger partial charge in [-0.3, -0.25) is 0 Å². The van der Waals surface area contributed by atoms with E-state index in [9.17, 15) is 8.42 Å². The van der Waals surface area contributed by atoms with Crippen molar-refractivity contribution in [3.05, 3.63) is 75.2 Å². The Hall–Kier alpha value is -2.23. The summed E-state index contributed by atoms with van der Waals surface area (Å²) in [6.07, 6.45) is 0. The van der Waals surface area contributed by atoms with Gasteiger partial charge in [0.1, 0.15) is 22.9 Å². The average Bonchev–Trinajstić information content (AvgIpc) is 3.14. The largest absolute Gasteiger partial charge is 0.497 e. The average molecular weight is 598 g/mol. The fraction of sp³-hybridized carbons (Fsp3) is 0.200. The highest BCUT2D eigenvalue weighted by molar-refractivity contribution is 9.10. The molecule has 0 atom stereocenters. The molecule has 184 valence electrons. The molecule has 0 spiro atoms. The van der Waals surface area contributed by atoms with E-state index < -0.39 is 10.0 Å². The first-order valence-electron chi connectivity index (χ1n) is 10.6. The Kier molecular flexibility index (Phi) is 7.68. The zero-order valence-corrected chi connectivity index (χ0v) is 23.2. The molecule has 6 nitrogen and oxygen atoms in total. The van der Waals surface area contributed by atoms with Crippen LogP contribution >= 0.6 is 39.1 Å². The van der Waals surface area contributed by atoms with Crippen LogP contribution in [0.5, 0.6) is 11.5 Å². The molecule has 10 heteroatoms. The number of benzene rings is 3. The van der Waals surface area contributed by atoms with Crippen molar-refractivity contribution in [1.82, 2.24) is 8.87 Å². The van der Waals surface area contributed by atoms with Crippen LogP contribution in [-0.2, 0) is 10.0 Å². The third kappa shape index (κ3) is 5.04. The lowest BCUT2D eigenvalue weighted by molar-refractivity contribution is 0.264. The maximum atomic E-state index is 14.2. The number of fused-ring (bicyclic) bond motifs is 1. The van der Waals surface area contributed by atoms with Crippen molar-refractivity contribution in [3.8, 4) is 22.8 Å². The molecule has 0 unspecified atom stereocenters. The van der Waals surface area contributed by atoms with Crippen molar-refractivity contribution in [1.29, 1.82) is 0 Å².